The minimum absolute atomic E-state index is 0.0731. The number of nitrogens with two attached hydrogens (primary N) is 1. The molecular formula is C19H27NO3. The van der Waals surface area contributed by atoms with Gasteiger partial charge in [-0.3, -0.25) is 0 Å². The molecule has 3 aliphatic rings. The fraction of sp³-hybridized carbons (Fsp3) is 0.684. The number of hydrogen-bond acceptors (Lipinski definition) is 4. The van der Waals surface area contributed by atoms with Crippen LogP contribution in [0.1, 0.15) is 62.0 Å². The maximum Gasteiger partial charge on any atom is 0.115 e. The Kier molecular flexibility index (Phi) is 3.67. The molecule has 2 saturated carbocycles. The zero-order valence-electron chi connectivity index (χ0n) is 13.7. The third-order valence-electron chi connectivity index (χ3n) is 7.15. The predicted molar refractivity (Wildman–Crippen MR) is 87.9 cm³/mol. The number of hydrogen-bond donors (Lipinski definition) is 3. The van der Waals surface area contributed by atoms with E-state index in [1.54, 1.807) is 6.07 Å². The van der Waals surface area contributed by atoms with Crippen LogP contribution in [0.5, 0.6) is 5.75 Å². The average Bonchev–Trinajstić information content (AvgIpc) is 2.83. The summed E-state index contributed by atoms with van der Waals surface area (Å²) in [6.45, 7) is 2.78. The van der Waals surface area contributed by atoms with Crippen LogP contribution < -0.4 is 5.90 Å². The molecule has 0 radical (unpaired) electrons. The molecule has 23 heavy (non-hydrogen) atoms. The number of benzene rings is 1. The van der Waals surface area contributed by atoms with Crippen LogP contribution in [0.2, 0.25) is 0 Å². The number of phenolic OH excluding ortho intramolecular Hbond substituents is 1. The lowest BCUT2D eigenvalue weighted by Crippen LogP contribution is -2.44. The number of rotatable bonds is 2. The van der Waals surface area contributed by atoms with E-state index in [1.807, 2.05) is 6.07 Å². The molecule has 4 nitrogen and oxygen atoms in total. The zero-order valence-corrected chi connectivity index (χ0v) is 13.7. The topological polar surface area (TPSA) is 75.7 Å². The molecule has 0 bridgehead atoms. The Morgan fingerprint density at radius 1 is 1.26 bits per heavy atom. The molecule has 4 rings (SSSR count). The minimum Gasteiger partial charge on any atom is -0.508 e. The molecular weight excluding hydrogens is 290 g/mol. The summed E-state index contributed by atoms with van der Waals surface area (Å²) in [6, 6.07) is 5.80. The van der Waals surface area contributed by atoms with Gasteiger partial charge in [0.15, 0.2) is 0 Å². The molecule has 0 heterocycles. The van der Waals surface area contributed by atoms with E-state index < -0.39 is 0 Å². The lowest BCUT2D eigenvalue weighted by molar-refractivity contribution is -0.0283. The van der Waals surface area contributed by atoms with Crippen LogP contribution in [-0.2, 0) is 4.84 Å². The van der Waals surface area contributed by atoms with E-state index >= 15 is 0 Å². The Balaban J connectivity index is 1.74. The second kappa shape index (κ2) is 5.47. The van der Waals surface area contributed by atoms with Crippen molar-refractivity contribution >= 4 is 0 Å². The Hall–Kier alpha value is -1.10. The highest BCUT2D eigenvalue weighted by molar-refractivity contribution is 5.42. The van der Waals surface area contributed by atoms with Crippen molar-refractivity contribution < 1.29 is 15.1 Å². The van der Waals surface area contributed by atoms with Gasteiger partial charge in [0, 0.05) is 5.92 Å². The molecule has 4 heteroatoms. The van der Waals surface area contributed by atoms with Gasteiger partial charge in [0.05, 0.1) is 12.7 Å². The quantitative estimate of drug-likeness (QED) is 0.733. The molecule has 0 spiro atoms. The van der Waals surface area contributed by atoms with E-state index in [2.05, 4.69) is 13.0 Å². The first-order chi connectivity index (χ1) is 11.0. The Morgan fingerprint density at radius 3 is 2.87 bits per heavy atom. The number of fused-ring (bicyclic) bond motifs is 5. The Labute approximate surface area is 137 Å². The van der Waals surface area contributed by atoms with Crippen LogP contribution in [0.4, 0.5) is 0 Å². The SMILES string of the molecule is C[C@]12CC[C@H]3c4ccc(O)cc4[C@H](CON)C[C@H]3[C@@H]1CCC2O. The summed E-state index contributed by atoms with van der Waals surface area (Å²) in [5.74, 6) is 7.65. The fourth-order valence-corrected chi connectivity index (χ4v) is 5.96. The van der Waals surface area contributed by atoms with Gasteiger partial charge in [0.25, 0.3) is 0 Å². The molecule has 2 fully saturated rings. The highest BCUT2D eigenvalue weighted by Crippen LogP contribution is 2.62. The highest BCUT2D eigenvalue weighted by Gasteiger charge is 2.55. The Bertz CT molecular complexity index is 604. The molecule has 0 saturated heterocycles. The first-order valence-electron chi connectivity index (χ1n) is 8.87. The zero-order chi connectivity index (χ0) is 16.2. The first-order valence-corrected chi connectivity index (χ1v) is 8.87. The van der Waals surface area contributed by atoms with E-state index in [4.69, 9.17) is 10.7 Å². The minimum atomic E-state index is -0.154. The second-order valence-corrected chi connectivity index (χ2v) is 8.09. The fourth-order valence-electron chi connectivity index (χ4n) is 5.96. The van der Waals surface area contributed by atoms with Crippen molar-refractivity contribution in [3.8, 4) is 5.75 Å². The maximum atomic E-state index is 10.5. The number of aromatic hydroxyl groups is 1. The molecule has 4 N–H and O–H groups in total. The molecule has 3 aliphatic carbocycles. The molecule has 1 aromatic carbocycles. The van der Waals surface area contributed by atoms with Crippen LogP contribution in [0.3, 0.4) is 0 Å². The summed E-state index contributed by atoms with van der Waals surface area (Å²) in [4.78, 5) is 4.98. The second-order valence-electron chi connectivity index (χ2n) is 8.09. The van der Waals surface area contributed by atoms with Crippen molar-refractivity contribution in [3.05, 3.63) is 29.3 Å². The molecule has 0 aromatic heterocycles. The van der Waals surface area contributed by atoms with E-state index in [1.165, 1.54) is 11.1 Å². The van der Waals surface area contributed by atoms with Gasteiger partial charge in [-0.15, -0.1) is 0 Å². The normalized spacial score (nSPS) is 42.0. The first kappa shape index (κ1) is 15.4. The van der Waals surface area contributed by atoms with E-state index in [0.29, 0.717) is 30.1 Å². The molecule has 6 atom stereocenters. The monoisotopic (exact) mass is 317 g/mol. The lowest BCUT2D eigenvalue weighted by Gasteiger charge is -2.51. The third-order valence-corrected chi connectivity index (χ3v) is 7.15. The van der Waals surface area contributed by atoms with Crippen LogP contribution in [-0.4, -0.2) is 22.9 Å². The molecule has 1 unspecified atom stereocenters. The van der Waals surface area contributed by atoms with Gasteiger partial charge in [0.1, 0.15) is 5.75 Å². The van der Waals surface area contributed by atoms with Crippen molar-refractivity contribution in [1.29, 1.82) is 0 Å². The van der Waals surface area contributed by atoms with E-state index in [0.717, 1.165) is 32.1 Å². The van der Waals surface area contributed by atoms with Crippen molar-refractivity contribution in [3.63, 3.8) is 0 Å². The van der Waals surface area contributed by atoms with Crippen LogP contribution in [0.15, 0.2) is 18.2 Å². The van der Waals surface area contributed by atoms with Crippen molar-refractivity contribution in [2.24, 2.45) is 23.1 Å². The van der Waals surface area contributed by atoms with Gasteiger partial charge in [-0.2, -0.15) is 0 Å². The van der Waals surface area contributed by atoms with Crippen molar-refractivity contribution in [2.75, 3.05) is 6.61 Å². The van der Waals surface area contributed by atoms with Gasteiger partial charge in [-0.05, 0) is 78.5 Å². The van der Waals surface area contributed by atoms with Gasteiger partial charge in [-0.1, -0.05) is 13.0 Å². The largest absolute Gasteiger partial charge is 0.508 e. The Morgan fingerprint density at radius 2 is 2.09 bits per heavy atom. The van der Waals surface area contributed by atoms with E-state index in [-0.39, 0.29) is 17.4 Å². The summed E-state index contributed by atoms with van der Waals surface area (Å²) in [5, 5.41) is 20.4. The third kappa shape index (κ3) is 2.23. The van der Waals surface area contributed by atoms with Crippen molar-refractivity contribution in [2.45, 2.75) is 57.0 Å². The average molecular weight is 317 g/mol. The van der Waals surface area contributed by atoms with Gasteiger partial charge in [-0.25, -0.2) is 5.90 Å². The summed E-state index contributed by atoms with van der Waals surface area (Å²) in [7, 11) is 0. The van der Waals surface area contributed by atoms with Gasteiger partial charge >= 0.3 is 0 Å². The van der Waals surface area contributed by atoms with Crippen molar-refractivity contribution in [1.82, 2.24) is 0 Å². The van der Waals surface area contributed by atoms with Gasteiger partial charge in [0.2, 0.25) is 0 Å². The lowest BCUT2D eigenvalue weighted by atomic mass is 9.54. The standard InChI is InChI=1S/C19H27NO3/c1-19-7-6-14-13-3-2-12(21)9-15(13)11(10-23-20)8-16(14)17(19)4-5-18(19)22/h2-3,9,11,14,16-18,21-22H,4-8,10,20H2,1H3/t11-,14-,16+,17-,18?,19-/m0/s1. The van der Waals surface area contributed by atoms with E-state index in [9.17, 15) is 10.2 Å². The molecule has 0 amide bonds. The van der Waals surface area contributed by atoms with Crippen LogP contribution in [0.25, 0.3) is 0 Å². The van der Waals surface area contributed by atoms with Crippen LogP contribution >= 0.6 is 0 Å². The van der Waals surface area contributed by atoms with Gasteiger partial charge < -0.3 is 15.1 Å². The summed E-state index contributed by atoms with van der Waals surface area (Å²) < 4.78 is 0. The molecule has 0 aliphatic heterocycles. The molecule has 1 aromatic rings. The maximum absolute atomic E-state index is 10.5. The summed E-state index contributed by atoms with van der Waals surface area (Å²) in [6.07, 6.45) is 5.18. The summed E-state index contributed by atoms with van der Waals surface area (Å²) in [5.41, 5.74) is 2.65. The predicted octanol–water partition coefficient (Wildman–Crippen LogP) is 3.04. The number of aliphatic hydroxyl groups excluding tert-OH is 1. The van der Waals surface area contributed by atoms with Crippen LogP contribution in [0, 0.1) is 17.3 Å². The number of phenols is 1. The summed E-state index contributed by atoms with van der Waals surface area (Å²) >= 11 is 0. The molecule has 126 valence electrons. The number of aliphatic hydroxyl groups is 1. The highest BCUT2D eigenvalue weighted by atomic mass is 16.6. The smallest absolute Gasteiger partial charge is 0.115 e.